The number of hydrogen-bond acceptors (Lipinski definition) is 5. The van der Waals surface area contributed by atoms with E-state index in [1.54, 1.807) is 12.4 Å². The molecule has 10 rings (SSSR count). The van der Waals surface area contributed by atoms with Crippen LogP contribution in [0.15, 0.2) is 164 Å². The van der Waals surface area contributed by atoms with Gasteiger partial charge in [-0.15, -0.1) is 0 Å². The van der Waals surface area contributed by atoms with E-state index in [2.05, 4.69) is 137 Å². The van der Waals surface area contributed by atoms with Crippen LogP contribution >= 0.6 is 0 Å². The summed E-state index contributed by atoms with van der Waals surface area (Å²) in [6.45, 7) is 0. The first kappa shape index (κ1) is 28.2. The molecule has 0 aliphatic rings. The number of pyridine rings is 5. The number of hydrogen-bond donors (Lipinski definition) is 0. The van der Waals surface area contributed by atoms with Crippen LogP contribution in [0.1, 0.15) is 0 Å². The molecule has 232 valence electrons. The minimum absolute atomic E-state index is 0.925. The van der Waals surface area contributed by atoms with Gasteiger partial charge < -0.3 is 0 Å². The van der Waals surface area contributed by atoms with E-state index in [0.29, 0.717) is 0 Å². The normalized spacial score (nSPS) is 11.6. The van der Waals surface area contributed by atoms with Crippen LogP contribution in [-0.2, 0) is 0 Å². The van der Waals surface area contributed by atoms with Crippen molar-refractivity contribution in [1.29, 1.82) is 0 Å². The van der Waals surface area contributed by atoms with E-state index >= 15 is 0 Å². The Hall–Kier alpha value is -6.85. The van der Waals surface area contributed by atoms with Crippen LogP contribution in [0.25, 0.3) is 99.3 Å². The second-order valence-corrected chi connectivity index (χ2v) is 12.6. The van der Waals surface area contributed by atoms with E-state index in [1.165, 1.54) is 0 Å². The summed E-state index contributed by atoms with van der Waals surface area (Å²) in [5.74, 6) is 0. The molecule has 5 aromatic heterocycles. The zero-order valence-electron chi connectivity index (χ0n) is 26.8. The highest BCUT2D eigenvalue weighted by Crippen LogP contribution is 2.32. The molecule has 0 amide bonds. The van der Waals surface area contributed by atoms with Crippen molar-refractivity contribution in [3.63, 3.8) is 0 Å². The lowest BCUT2D eigenvalue weighted by Gasteiger charge is -2.10. The van der Waals surface area contributed by atoms with Gasteiger partial charge in [0.2, 0.25) is 0 Å². The number of aromatic nitrogens is 5. The molecule has 0 unspecified atom stereocenters. The van der Waals surface area contributed by atoms with Gasteiger partial charge in [-0.25, -0.2) is 15.0 Å². The van der Waals surface area contributed by atoms with Crippen molar-refractivity contribution in [1.82, 2.24) is 24.9 Å². The lowest BCUT2D eigenvalue weighted by Crippen LogP contribution is -1.90. The fraction of sp³-hybridized carbons (Fsp3) is 0. The third-order valence-corrected chi connectivity index (χ3v) is 9.56. The summed E-state index contributed by atoms with van der Waals surface area (Å²) in [6.07, 6.45) is 5.42. The Labute approximate surface area is 287 Å². The molecule has 5 aromatic carbocycles. The highest BCUT2D eigenvalue weighted by atomic mass is 14.8. The van der Waals surface area contributed by atoms with E-state index in [0.717, 1.165) is 99.3 Å². The van der Waals surface area contributed by atoms with Gasteiger partial charge in [-0.05, 0) is 82.6 Å². The van der Waals surface area contributed by atoms with Crippen LogP contribution in [0.4, 0.5) is 0 Å². The molecule has 10 aromatic rings. The molecule has 0 aliphatic heterocycles. The van der Waals surface area contributed by atoms with Crippen LogP contribution in [-0.4, -0.2) is 24.9 Å². The second kappa shape index (κ2) is 11.4. The monoisotopic (exact) mass is 637 g/mol. The molecule has 0 spiro atoms. The Morgan fingerprint density at radius 3 is 1.42 bits per heavy atom. The molecule has 5 heterocycles. The van der Waals surface area contributed by atoms with Crippen LogP contribution in [0.3, 0.4) is 0 Å². The van der Waals surface area contributed by atoms with Crippen molar-refractivity contribution in [2.45, 2.75) is 0 Å². The van der Waals surface area contributed by atoms with E-state index < -0.39 is 0 Å². The number of fused-ring (bicyclic) bond motifs is 6. The van der Waals surface area contributed by atoms with E-state index in [1.807, 2.05) is 24.4 Å². The lowest BCUT2D eigenvalue weighted by atomic mass is 9.99. The smallest absolute Gasteiger partial charge is 0.0972 e. The average molecular weight is 638 g/mol. The fourth-order valence-electron chi connectivity index (χ4n) is 6.89. The maximum atomic E-state index is 5.14. The first-order valence-electron chi connectivity index (χ1n) is 16.6. The summed E-state index contributed by atoms with van der Waals surface area (Å²) < 4.78 is 0. The average Bonchev–Trinajstić information content (AvgIpc) is 3.19. The predicted octanol–water partition coefficient (Wildman–Crippen LogP) is 11.1. The van der Waals surface area contributed by atoms with Crippen molar-refractivity contribution >= 4 is 54.4 Å². The van der Waals surface area contributed by atoms with Gasteiger partial charge in [-0.2, -0.15) is 0 Å². The zero-order valence-corrected chi connectivity index (χ0v) is 26.8. The molecule has 0 saturated carbocycles. The van der Waals surface area contributed by atoms with E-state index in [9.17, 15) is 0 Å². The Balaban J connectivity index is 0.978. The highest BCUT2D eigenvalue weighted by Gasteiger charge is 2.10. The van der Waals surface area contributed by atoms with Gasteiger partial charge in [-0.1, -0.05) is 84.9 Å². The first-order valence-corrected chi connectivity index (χ1v) is 16.6. The van der Waals surface area contributed by atoms with Crippen molar-refractivity contribution in [3.8, 4) is 44.9 Å². The van der Waals surface area contributed by atoms with E-state index in [4.69, 9.17) is 15.0 Å². The number of nitrogens with zero attached hydrogens (tertiary/aromatic N) is 5. The summed E-state index contributed by atoms with van der Waals surface area (Å²) in [7, 11) is 0. The fourth-order valence-corrected chi connectivity index (χ4v) is 6.89. The van der Waals surface area contributed by atoms with Gasteiger partial charge in [0.25, 0.3) is 0 Å². The Kier molecular flexibility index (Phi) is 6.42. The van der Waals surface area contributed by atoms with Crippen molar-refractivity contribution < 1.29 is 0 Å². The second-order valence-electron chi connectivity index (χ2n) is 12.6. The maximum absolute atomic E-state index is 5.14. The molecule has 0 bridgehead atoms. The first-order chi connectivity index (χ1) is 24.7. The molecule has 50 heavy (non-hydrogen) atoms. The largest absolute Gasteiger partial charge is 0.265 e. The summed E-state index contributed by atoms with van der Waals surface area (Å²) in [5, 5.41) is 6.71. The topological polar surface area (TPSA) is 64.5 Å². The lowest BCUT2D eigenvalue weighted by molar-refractivity contribution is 1.31. The van der Waals surface area contributed by atoms with Crippen LogP contribution in [0.2, 0.25) is 0 Å². The summed E-state index contributed by atoms with van der Waals surface area (Å²) in [4.78, 5) is 23.9. The molecule has 0 radical (unpaired) electrons. The molecule has 0 fully saturated rings. The molecule has 0 N–H and O–H groups in total. The molecule has 5 nitrogen and oxygen atoms in total. The summed E-state index contributed by atoms with van der Waals surface area (Å²) >= 11 is 0. The number of benzene rings is 5. The van der Waals surface area contributed by atoms with Crippen molar-refractivity contribution in [2.75, 3.05) is 0 Å². The van der Waals surface area contributed by atoms with Gasteiger partial charge in [0.15, 0.2) is 0 Å². The molecule has 0 aliphatic carbocycles. The maximum Gasteiger partial charge on any atom is 0.0972 e. The Bertz CT molecular complexity index is 2940. The van der Waals surface area contributed by atoms with Gasteiger partial charge in [0.1, 0.15) is 0 Å². The van der Waals surface area contributed by atoms with Gasteiger partial charge in [0, 0.05) is 56.8 Å². The molecule has 5 heteroatoms. The standard InChI is InChI=1S/C45H27N5/c1-2-31-5-6-32-15-18-41(50-45(32)44(31)47-21-1)38-12-10-33-24-37(11-9-34(33)25-38)40-17-14-29-4-8-36(27-43(29)49-40)35-7-3-28-13-16-39(48-42(28)26-35)30-19-22-46-23-20-30/h1-27H. The third-order valence-electron chi connectivity index (χ3n) is 9.56. The van der Waals surface area contributed by atoms with E-state index in [-0.39, 0.29) is 0 Å². The van der Waals surface area contributed by atoms with Crippen LogP contribution in [0.5, 0.6) is 0 Å². The SMILES string of the molecule is c1cnc2c(c1)ccc1ccc(-c3ccc4cc(-c5ccc6ccc(-c7ccc8ccc(-c9ccncc9)nc8c7)cc6n5)ccc4c3)nc12. The third kappa shape index (κ3) is 4.92. The van der Waals surface area contributed by atoms with Gasteiger partial charge in [0.05, 0.1) is 39.1 Å². The molecular weight excluding hydrogens is 611 g/mol. The zero-order chi connectivity index (χ0) is 33.0. The molecular formula is C45H27N5. The van der Waals surface area contributed by atoms with Gasteiger partial charge >= 0.3 is 0 Å². The van der Waals surface area contributed by atoms with Gasteiger partial charge in [-0.3, -0.25) is 9.97 Å². The van der Waals surface area contributed by atoms with Crippen molar-refractivity contribution in [2.24, 2.45) is 0 Å². The highest BCUT2D eigenvalue weighted by molar-refractivity contribution is 6.03. The quantitative estimate of drug-likeness (QED) is 0.180. The Morgan fingerprint density at radius 2 is 0.780 bits per heavy atom. The number of rotatable bonds is 4. The van der Waals surface area contributed by atoms with Crippen LogP contribution < -0.4 is 0 Å². The van der Waals surface area contributed by atoms with Crippen molar-refractivity contribution in [3.05, 3.63) is 164 Å². The summed E-state index contributed by atoms with van der Waals surface area (Å²) in [6, 6.07) is 50.9. The summed E-state index contributed by atoms with van der Waals surface area (Å²) in [5.41, 5.74) is 12.0. The minimum atomic E-state index is 0.925. The minimum Gasteiger partial charge on any atom is -0.265 e. The Morgan fingerprint density at radius 1 is 0.300 bits per heavy atom. The molecule has 0 atom stereocenters. The molecule has 0 saturated heterocycles. The van der Waals surface area contributed by atoms with Crippen LogP contribution in [0, 0.1) is 0 Å². The predicted molar refractivity (Wildman–Crippen MR) is 205 cm³/mol.